The molecule has 0 N–H and O–H groups in total. The summed E-state index contributed by atoms with van der Waals surface area (Å²) in [5.74, 6) is 2.44. The SMILES string of the molecule is COc1ccc(-c2nn(-c3ccccc3)cc2C(=O)N(C)Cc2ccc3c(c2)OCO3)c(OC)c1. The Hall–Kier alpha value is -4.46. The van der Waals surface area contributed by atoms with Crippen LogP contribution < -0.4 is 18.9 Å². The molecule has 0 radical (unpaired) electrons. The van der Waals surface area contributed by atoms with E-state index in [2.05, 4.69) is 0 Å². The van der Waals surface area contributed by atoms with Crippen LogP contribution in [0.15, 0.2) is 72.9 Å². The summed E-state index contributed by atoms with van der Waals surface area (Å²) in [5, 5.41) is 4.78. The van der Waals surface area contributed by atoms with Crippen molar-refractivity contribution in [2.24, 2.45) is 0 Å². The van der Waals surface area contributed by atoms with E-state index < -0.39 is 0 Å². The van der Waals surface area contributed by atoms with Gasteiger partial charge in [-0.3, -0.25) is 4.79 Å². The maximum atomic E-state index is 13.7. The highest BCUT2D eigenvalue weighted by atomic mass is 16.7. The fraction of sp³-hybridized carbons (Fsp3) is 0.185. The van der Waals surface area contributed by atoms with Gasteiger partial charge in [0.2, 0.25) is 6.79 Å². The number of amides is 1. The molecule has 5 rings (SSSR count). The van der Waals surface area contributed by atoms with Crippen molar-refractivity contribution in [1.82, 2.24) is 14.7 Å². The Kier molecular flexibility index (Phi) is 6.01. The topological polar surface area (TPSA) is 75.1 Å². The first-order chi connectivity index (χ1) is 17.1. The summed E-state index contributed by atoms with van der Waals surface area (Å²) >= 11 is 0. The zero-order chi connectivity index (χ0) is 24.4. The molecule has 0 fully saturated rings. The Morgan fingerprint density at radius 2 is 1.80 bits per heavy atom. The van der Waals surface area contributed by atoms with Gasteiger partial charge in [-0.2, -0.15) is 5.10 Å². The minimum atomic E-state index is -0.169. The predicted octanol–water partition coefficient (Wildman–Crippen LogP) is 4.56. The van der Waals surface area contributed by atoms with Gasteiger partial charge in [-0.05, 0) is 42.0 Å². The highest BCUT2D eigenvalue weighted by Crippen LogP contribution is 2.36. The number of aromatic nitrogens is 2. The lowest BCUT2D eigenvalue weighted by Crippen LogP contribution is -2.26. The number of carbonyl (C=O) groups is 1. The van der Waals surface area contributed by atoms with Gasteiger partial charge in [-0.1, -0.05) is 24.3 Å². The van der Waals surface area contributed by atoms with Crippen molar-refractivity contribution in [1.29, 1.82) is 0 Å². The Morgan fingerprint density at radius 3 is 2.57 bits per heavy atom. The molecule has 3 aromatic carbocycles. The smallest absolute Gasteiger partial charge is 0.257 e. The van der Waals surface area contributed by atoms with Crippen LogP contribution in [0.2, 0.25) is 0 Å². The molecule has 1 amide bonds. The molecule has 2 heterocycles. The van der Waals surface area contributed by atoms with Crippen molar-refractivity contribution >= 4 is 5.91 Å². The van der Waals surface area contributed by atoms with E-state index in [0.717, 1.165) is 11.3 Å². The standard InChI is InChI=1S/C27H25N3O5/c1-29(15-18-9-12-23-25(13-18)35-17-34-23)27(31)22-16-30(19-7-5-4-6-8-19)28-26(22)21-11-10-20(32-2)14-24(21)33-3/h4-14,16H,15,17H2,1-3H3. The Morgan fingerprint density at radius 1 is 1.00 bits per heavy atom. The van der Waals surface area contributed by atoms with Crippen molar-refractivity contribution in [2.45, 2.75) is 6.54 Å². The van der Waals surface area contributed by atoms with Gasteiger partial charge >= 0.3 is 0 Å². The van der Waals surface area contributed by atoms with Crippen molar-refractivity contribution in [2.75, 3.05) is 28.1 Å². The second-order valence-electron chi connectivity index (χ2n) is 8.09. The van der Waals surface area contributed by atoms with Gasteiger partial charge in [-0.15, -0.1) is 0 Å². The fourth-order valence-electron chi connectivity index (χ4n) is 4.03. The maximum Gasteiger partial charge on any atom is 0.257 e. The predicted molar refractivity (Wildman–Crippen MR) is 130 cm³/mol. The van der Waals surface area contributed by atoms with E-state index in [0.29, 0.717) is 46.4 Å². The molecule has 0 saturated carbocycles. The number of hydrogen-bond acceptors (Lipinski definition) is 6. The van der Waals surface area contributed by atoms with Crippen LogP contribution >= 0.6 is 0 Å². The maximum absolute atomic E-state index is 13.7. The Balaban J connectivity index is 1.53. The number of para-hydroxylation sites is 1. The quantitative estimate of drug-likeness (QED) is 0.394. The van der Waals surface area contributed by atoms with E-state index in [1.165, 1.54) is 0 Å². The lowest BCUT2D eigenvalue weighted by molar-refractivity contribution is 0.0785. The molecule has 35 heavy (non-hydrogen) atoms. The molecule has 1 aliphatic heterocycles. The summed E-state index contributed by atoms with van der Waals surface area (Å²) in [6.07, 6.45) is 1.76. The van der Waals surface area contributed by atoms with Gasteiger partial charge in [0.05, 0.1) is 25.5 Å². The van der Waals surface area contributed by atoms with Gasteiger partial charge in [-0.25, -0.2) is 4.68 Å². The summed E-state index contributed by atoms with van der Waals surface area (Å²) in [6.45, 7) is 0.602. The van der Waals surface area contributed by atoms with Crippen molar-refractivity contribution < 1.29 is 23.7 Å². The van der Waals surface area contributed by atoms with E-state index in [4.69, 9.17) is 24.0 Å². The third kappa shape index (κ3) is 4.38. The van der Waals surface area contributed by atoms with Gasteiger partial charge in [0.15, 0.2) is 11.5 Å². The summed E-state index contributed by atoms with van der Waals surface area (Å²) in [7, 11) is 4.94. The van der Waals surface area contributed by atoms with E-state index in [1.54, 1.807) is 43.1 Å². The van der Waals surface area contributed by atoms with Crippen molar-refractivity contribution in [3.8, 4) is 39.9 Å². The van der Waals surface area contributed by atoms with Crippen LogP contribution in [0, 0.1) is 0 Å². The molecule has 0 atom stereocenters. The zero-order valence-electron chi connectivity index (χ0n) is 19.7. The number of nitrogens with zero attached hydrogens (tertiary/aromatic N) is 3. The molecule has 1 aliphatic rings. The number of fused-ring (bicyclic) bond motifs is 1. The van der Waals surface area contributed by atoms with Crippen molar-refractivity contribution in [3.05, 3.63) is 84.1 Å². The summed E-state index contributed by atoms with van der Waals surface area (Å²) in [6, 6.07) is 20.8. The van der Waals surface area contributed by atoms with Gasteiger partial charge in [0.25, 0.3) is 5.91 Å². The molecule has 1 aromatic heterocycles. The molecule has 0 bridgehead atoms. The van der Waals surface area contributed by atoms with E-state index >= 15 is 0 Å². The number of carbonyl (C=O) groups excluding carboxylic acids is 1. The molecule has 0 saturated heterocycles. The normalized spacial score (nSPS) is 11.9. The number of benzene rings is 3. The Bertz CT molecular complexity index is 1370. The number of methoxy groups -OCH3 is 2. The van der Waals surface area contributed by atoms with E-state index in [-0.39, 0.29) is 12.7 Å². The molecular formula is C27H25N3O5. The van der Waals surface area contributed by atoms with Crippen LogP contribution in [0.5, 0.6) is 23.0 Å². The first-order valence-electron chi connectivity index (χ1n) is 11.1. The van der Waals surface area contributed by atoms with Crippen LogP contribution in [0.1, 0.15) is 15.9 Å². The minimum Gasteiger partial charge on any atom is -0.497 e. The van der Waals surface area contributed by atoms with Crippen molar-refractivity contribution in [3.63, 3.8) is 0 Å². The summed E-state index contributed by atoms with van der Waals surface area (Å²) < 4.78 is 23.5. The monoisotopic (exact) mass is 471 g/mol. The number of ether oxygens (including phenoxy) is 4. The van der Waals surface area contributed by atoms with E-state index in [1.807, 2.05) is 60.7 Å². The average Bonchev–Trinajstić information content (AvgIpc) is 3.55. The highest BCUT2D eigenvalue weighted by Gasteiger charge is 2.24. The number of rotatable bonds is 7. The van der Waals surface area contributed by atoms with Gasteiger partial charge < -0.3 is 23.8 Å². The van der Waals surface area contributed by atoms with Gasteiger partial charge in [0.1, 0.15) is 17.2 Å². The summed E-state index contributed by atoms with van der Waals surface area (Å²) in [4.78, 5) is 15.4. The third-order valence-electron chi connectivity index (χ3n) is 5.83. The molecule has 178 valence electrons. The van der Waals surface area contributed by atoms with Crippen LogP contribution in [0.4, 0.5) is 0 Å². The summed E-state index contributed by atoms with van der Waals surface area (Å²) in [5.41, 5.74) is 3.46. The molecular weight excluding hydrogens is 446 g/mol. The molecule has 8 heteroatoms. The molecule has 8 nitrogen and oxygen atoms in total. The lowest BCUT2D eigenvalue weighted by atomic mass is 10.1. The first kappa shape index (κ1) is 22.3. The molecule has 0 unspecified atom stereocenters. The second-order valence-corrected chi connectivity index (χ2v) is 8.09. The molecule has 0 aliphatic carbocycles. The van der Waals surface area contributed by atoms with Crippen LogP contribution in [-0.4, -0.2) is 48.6 Å². The largest absolute Gasteiger partial charge is 0.497 e. The third-order valence-corrected chi connectivity index (χ3v) is 5.83. The minimum absolute atomic E-state index is 0.169. The van der Waals surface area contributed by atoms with Crippen LogP contribution in [0.3, 0.4) is 0 Å². The first-order valence-corrected chi connectivity index (χ1v) is 11.1. The Labute approximate surface area is 203 Å². The molecule has 0 spiro atoms. The average molecular weight is 472 g/mol. The van der Waals surface area contributed by atoms with Gasteiger partial charge in [0, 0.05) is 31.4 Å². The van der Waals surface area contributed by atoms with Crippen LogP contribution in [0.25, 0.3) is 16.9 Å². The second kappa shape index (κ2) is 9.42. The molecule has 4 aromatic rings. The highest BCUT2D eigenvalue weighted by molar-refractivity contribution is 6.00. The number of hydrogen-bond donors (Lipinski definition) is 0. The zero-order valence-corrected chi connectivity index (χ0v) is 19.7. The van der Waals surface area contributed by atoms with E-state index in [9.17, 15) is 4.79 Å². The van der Waals surface area contributed by atoms with Crippen LogP contribution in [-0.2, 0) is 6.54 Å². The lowest BCUT2D eigenvalue weighted by Gasteiger charge is -2.18. The fourth-order valence-corrected chi connectivity index (χ4v) is 4.03.